The molecule has 4 aromatic carbocycles. The van der Waals surface area contributed by atoms with Gasteiger partial charge in [-0.2, -0.15) is 8.42 Å². The Morgan fingerprint density at radius 3 is 2.01 bits per heavy atom. The van der Waals surface area contributed by atoms with Gasteiger partial charge in [0.25, 0.3) is 10.1 Å². The van der Waals surface area contributed by atoms with Crippen molar-refractivity contribution in [1.29, 1.82) is 0 Å². The number of benzene rings is 4. The van der Waals surface area contributed by atoms with Gasteiger partial charge in [0.2, 0.25) is 5.91 Å². The molecule has 3 aromatic heterocycles. The zero-order chi connectivity index (χ0) is 59.3. The second kappa shape index (κ2) is 23.3. The predicted octanol–water partition coefficient (Wildman–Crippen LogP) is 10.1. The average molecular weight is 1220 g/mol. The fourth-order valence-corrected chi connectivity index (χ4v) is 19.1. The molecule has 2 unspecified atom stereocenters. The van der Waals surface area contributed by atoms with Crippen LogP contribution >= 0.6 is 21.2 Å². The molecule has 3 aliphatic rings. The first-order chi connectivity index (χ1) is 39.5. The van der Waals surface area contributed by atoms with Crippen molar-refractivity contribution in [3.8, 4) is 11.8 Å². The number of unbranched alkanes of at least 4 members (excludes halogenated alkanes) is 2. The van der Waals surface area contributed by atoms with E-state index in [0.29, 0.717) is 25.9 Å². The van der Waals surface area contributed by atoms with E-state index in [1.165, 1.54) is 10.8 Å². The number of hydrogen-bond donors (Lipinski definition) is 6. The summed E-state index contributed by atoms with van der Waals surface area (Å²) in [5.74, 6) is 5.05. The number of nitrogens with two attached hydrogens (primary N) is 1. The molecule has 1 fully saturated rings. The number of carbonyl (C=O) groups excluding carboxylic acids is 1. The summed E-state index contributed by atoms with van der Waals surface area (Å²) in [7, 11) is -12.6. The van der Waals surface area contributed by atoms with Gasteiger partial charge in [0.1, 0.15) is 0 Å². The van der Waals surface area contributed by atoms with Crippen molar-refractivity contribution in [2.75, 3.05) is 73.4 Å². The van der Waals surface area contributed by atoms with Crippen LogP contribution in [0.3, 0.4) is 0 Å². The molecule has 0 spiro atoms. The Morgan fingerprint density at radius 2 is 1.45 bits per heavy atom. The molecule has 1 saturated heterocycles. The average Bonchev–Trinajstić information content (AvgIpc) is 4.39. The summed E-state index contributed by atoms with van der Waals surface area (Å²) in [4.78, 5) is 37.4. The van der Waals surface area contributed by atoms with Crippen molar-refractivity contribution in [2.24, 2.45) is 0 Å². The molecule has 0 aliphatic carbocycles. The Kier molecular flexibility index (Phi) is 16.8. The second-order valence-corrected chi connectivity index (χ2v) is 35.4. The third kappa shape index (κ3) is 11.2. The van der Waals surface area contributed by atoms with Gasteiger partial charge in [0.15, 0.2) is 0 Å². The minimum absolute atomic E-state index is 0.0153. The predicted molar refractivity (Wildman–Crippen MR) is 310 cm³/mol. The molecule has 0 bridgehead atoms. The molecular formula is C54H63N7O18P3S+. The van der Waals surface area contributed by atoms with Crippen LogP contribution in [0.15, 0.2) is 70.0 Å². The smallest absolute Gasteiger partial charge is 0.367 e. The number of nitrogens with zero attached hydrogens (tertiary/aromatic N) is 4. The fraction of sp³-hybridized carbons (Fsp3) is 0.444. The van der Waals surface area contributed by atoms with E-state index in [1.54, 1.807) is 0 Å². The molecule has 25 nitrogen and oxygen atoms in total. The maximum atomic E-state index is 13.1. The van der Waals surface area contributed by atoms with Gasteiger partial charge in [-0.05, 0) is 25.3 Å². The number of nitrogens with one attached hydrogen (secondary N) is 2. The fourth-order valence-electron chi connectivity index (χ4n) is 12.3. The van der Waals surface area contributed by atoms with E-state index >= 15 is 0 Å². The molecule has 7 aromatic rings. The van der Waals surface area contributed by atoms with Gasteiger partial charge in [-0.15, -0.1) is 0 Å². The van der Waals surface area contributed by atoms with E-state index in [2.05, 4.69) is 127 Å². The molecule has 2 atom stereocenters. The topological polar surface area (TPSA) is 342 Å². The Labute approximate surface area is 475 Å². The van der Waals surface area contributed by atoms with Gasteiger partial charge < -0.3 is 15.1 Å². The van der Waals surface area contributed by atoms with Crippen molar-refractivity contribution in [3.05, 3.63) is 87.8 Å². The number of carbonyl (C=O) groups is 1. The second-order valence-electron chi connectivity index (χ2n) is 22.4. The number of nitrogen functional groups attached to an aromatic ring is 1. The van der Waals surface area contributed by atoms with Crippen LogP contribution in [0.25, 0.3) is 54.5 Å². The van der Waals surface area contributed by atoms with E-state index in [9.17, 15) is 40.8 Å². The molecule has 0 saturated carbocycles. The van der Waals surface area contributed by atoms with Crippen molar-refractivity contribution in [3.63, 3.8) is 0 Å². The quantitative estimate of drug-likeness (QED) is 0.00399. The number of aromatic nitrogens is 3. The zero-order valence-electron chi connectivity index (χ0n) is 45.8. The van der Waals surface area contributed by atoms with Gasteiger partial charge in [-0.3, -0.25) is 9.35 Å². The first kappa shape index (κ1) is 59.9. The molecule has 442 valence electrons. The van der Waals surface area contributed by atoms with E-state index in [1.807, 2.05) is 12.1 Å². The van der Waals surface area contributed by atoms with Crippen molar-refractivity contribution in [2.45, 2.75) is 95.8 Å². The maximum absolute atomic E-state index is 13.1. The summed E-state index contributed by atoms with van der Waals surface area (Å²) in [6.07, 6.45) is -5.04. The largest absolute Gasteiger partial charge is 0.370 e. The standard InChI is InChI=1S/C54H62N7O18P3S/c1-53(2)31-59(46-37-17-9-7-15-35(37)39-28-40-36-16-8-10-18-38(36)47-45(49(40)75-48(39)44(46)53)54(3,4)32-60(47)24-13-27-83(70,71)72)23-11-5-6-19-41(62)56-22-26-73-25-12-14-33-29-61(50-43(33)51(63)58-52(55)57-50)42-21-20-34(74-42)30-82(78-76-64,79-77-65,80(66)67)81(68)69/h7-10,15-18,28-29,34,42H,5-6,11,13,19-27,30-32H2,1-4H3,(H6-,55,56,57,58,62,63,64,65,70,71,72)/p+1. The van der Waals surface area contributed by atoms with Crippen LogP contribution in [0.1, 0.15) is 95.6 Å². The van der Waals surface area contributed by atoms with Crippen molar-refractivity contribution in [1.82, 2.24) is 19.9 Å². The molecule has 10 rings (SSSR count). The van der Waals surface area contributed by atoms with E-state index in [4.69, 9.17) is 30.1 Å². The minimum atomic E-state index is -6.20. The van der Waals surface area contributed by atoms with Crippen LogP contribution in [0, 0.1) is 11.8 Å². The summed E-state index contributed by atoms with van der Waals surface area (Å²) >= 11 is 0. The summed E-state index contributed by atoms with van der Waals surface area (Å²) in [6.45, 7) is 11.9. The Hall–Kier alpha value is -6.26. The van der Waals surface area contributed by atoms with Crippen LogP contribution in [0.5, 0.6) is 0 Å². The molecule has 6 heterocycles. The number of hydrogen-bond acceptors (Lipinski definition) is 20. The molecule has 29 heteroatoms. The maximum Gasteiger partial charge on any atom is 0.367 e. The van der Waals surface area contributed by atoms with Gasteiger partial charge in [-0.1, -0.05) is 82.6 Å². The molecular weight excluding hydrogens is 1160 g/mol. The van der Waals surface area contributed by atoms with Gasteiger partial charge in [-0.25, -0.2) is 4.42 Å². The number of fused-ring (bicyclic) bond motifs is 13. The SMILES string of the molecule is CC1(C)CN(CCCCCC(=O)NCCOCC#Cc2cn(C3CCC(CP(OOO)(OOO)(P(=O)=O)P(=O)=O)O3)c3nc(N)[nH]c(=O)c23)c2c1c1[o+]c3c4c(c5ccccc5c3cc1c1ccccc21)N(CCCS(=O)(=O)O)CC4(C)C. The van der Waals surface area contributed by atoms with Gasteiger partial charge in [0, 0.05) is 71.5 Å². The van der Waals surface area contributed by atoms with Crippen molar-refractivity contribution >= 4 is 109 Å². The van der Waals surface area contributed by atoms with Crippen LogP contribution in [0.4, 0.5) is 17.3 Å². The Balaban J connectivity index is 0.761. The van der Waals surface area contributed by atoms with Crippen LogP contribution in [-0.2, 0) is 72.9 Å². The third-order valence-corrected chi connectivity index (χ3v) is 27.9. The minimum Gasteiger partial charge on any atom is -0.370 e. The van der Waals surface area contributed by atoms with Gasteiger partial charge >= 0.3 is 206 Å². The first-order valence-corrected chi connectivity index (χ1v) is 34.5. The van der Waals surface area contributed by atoms with Crippen LogP contribution in [0.2, 0.25) is 0 Å². The van der Waals surface area contributed by atoms with Crippen LogP contribution in [-0.4, -0.2) is 108 Å². The number of rotatable bonds is 23. The van der Waals surface area contributed by atoms with E-state index < -0.39 is 55.3 Å². The summed E-state index contributed by atoms with van der Waals surface area (Å²) in [6, 6.07) is 19.1. The molecule has 7 N–H and O–H groups in total. The Morgan fingerprint density at radius 1 is 0.867 bits per heavy atom. The number of amides is 1. The Bertz CT molecular complexity index is 4090. The van der Waals surface area contributed by atoms with Gasteiger partial charge in [0.05, 0.1) is 39.0 Å². The third-order valence-electron chi connectivity index (χ3n) is 15.8. The first-order valence-electron chi connectivity index (χ1n) is 26.9. The summed E-state index contributed by atoms with van der Waals surface area (Å²) in [5, 5.41) is 34.2. The molecule has 83 heavy (non-hydrogen) atoms. The van der Waals surface area contributed by atoms with Crippen LogP contribution < -0.4 is 26.4 Å². The monoisotopic (exact) mass is 1220 g/mol. The summed E-state index contributed by atoms with van der Waals surface area (Å²) < 4.78 is 112. The number of ether oxygens (including phenoxy) is 2. The van der Waals surface area contributed by atoms with E-state index in [-0.39, 0.29) is 84.1 Å². The van der Waals surface area contributed by atoms with E-state index in [0.717, 1.165) is 91.9 Å². The molecule has 3 aliphatic heterocycles. The van der Waals surface area contributed by atoms with Crippen molar-refractivity contribution < 1.29 is 79.9 Å². The summed E-state index contributed by atoms with van der Waals surface area (Å²) in [5.41, 5.74) is 10.9. The molecule has 1 amide bonds. The zero-order valence-corrected chi connectivity index (χ0v) is 49.3. The number of H-pyrrole nitrogens is 1. The molecule has 0 radical (unpaired) electrons. The number of anilines is 3. The normalized spacial score (nSPS) is 17.9. The number of aromatic amines is 1.